The highest BCUT2D eigenvalue weighted by Crippen LogP contribution is 2.21. The highest BCUT2D eigenvalue weighted by Gasteiger charge is 2.26. The minimum Gasteiger partial charge on any atom is -0.465 e. The Bertz CT molecular complexity index is 403. The summed E-state index contributed by atoms with van der Waals surface area (Å²) in [6, 6.07) is 0. The summed E-state index contributed by atoms with van der Waals surface area (Å²) in [5.74, 6) is -0.140. The molecule has 0 bridgehead atoms. The van der Waals surface area contributed by atoms with Crippen LogP contribution in [-0.4, -0.2) is 90.4 Å². The quantitative estimate of drug-likeness (QED) is 0.162. The summed E-state index contributed by atoms with van der Waals surface area (Å²) < 4.78 is 32.8. The Morgan fingerprint density at radius 1 is 0.594 bits per heavy atom. The largest absolute Gasteiger partial charge is 0.465 e. The molecule has 0 rings (SSSR count). The third-order valence-electron chi connectivity index (χ3n) is 4.86. The molecular weight excluding hydrogens is 416 g/mol. The van der Waals surface area contributed by atoms with Gasteiger partial charge in [-0.25, -0.2) is 0 Å². The summed E-state index contributed by atoms with van der Waals surface area (Å²) in [6.07, 6.45) is 5.68. The van der Waals surface area contributed by atoms with Crippen molar-refractivity contribution in [3.63, 3.8) is 0 Å². The van der Waals surface area contributed by atoms with Crippen LogP contribution < -0.4 is 0 Å². The Kier molecular flexibility index (Phi) is 22.8. The Hall–Kier alpha value is -0.770. The van der Waals surface area contributed by atoms with Crippen LogP contribution in [0.1, 0.15) is 65.7 Å². The van der Waals surface area contributed by atoms with Gasteiger partial charge >= 0.3 is 5.97 Å². The van der Waals surface area contributed by atoms with Crippen molar-refractivity contribution in [1.29, 1.82) is 0 Å². The predicted molar refractivity (Wildman–Crippen MR) is 124 cm³/mol. The van der Waals surface area contributed by atoms with E-state index >= 15 is 0 Å². The molecular formula is C24H48O8. The van der Waals surface area contributed by atoms with Gasteiger partial charge < -0.3 is 33.5 Å². The van der Waals surface area contributed by atoms with Crippen molar-refractivity contribution in [2.75, 3.05) is 79.3 Å². The first kappa shape index (κ1) is 31.2. The van der Waals surface area contributed by atoms with Gasteiger partial charge in [0.1, 0.15) is 0 Å². The normalized spacial score (nSPS) is 11.8. The molecule has 0 unspecified atom stereocenters. The van der Waals surface area contributed by atoms with Crippen LogP contribution in [0.4, 0.5) is 0 Å². The minimum absolute atomic E-state index is 0.140. The first-order chi connectivity index (χ1) is 15.5. The fraction of sp³-hybridized carbons (Fsp3) is 0.958. The van der Waals surface area contributed by atoms with Crippen molar-refractivity contribution >= 4 is 5.97 Å². The maximum Gasteiger partial charge on any atom is 0.311 e. The summed E-state index contributed by atoms with van der Waals surface area (Å²) in [7, 11) is 0. The van der Waals surface area contributed by atoms with E-state index in [-0.39, 0.29) is 12.6 Å². The van der Waals surface area contributed by atoms with Crippen LogP contribution in [0, 0.1) is 5.41 Å². The molecule has 0 atom stereocenters. The van der Waals surface area contributed by atoms with Gasteiger partial charge in [-0.1, -0.05) is 6.92 Å². The van der Waals surface area contributed by atoms with Gasteiger partial charge in [0, 0.05) is 79.1 Å². The van der Waals surface area contributed by atoms with Crippen molar-refractivity contribution in [1.82, 2.24) is 0 Å². The van der Waals surface area contributed by atoms with E-state index in [1.165, 1.54) is 0 Å². The minimum atomic E-state index is -0.407. The molecule has 0 radical (unpaired) electrons. The van der Waals surface area contributed by atoms with Crippen molar-refractivity contribution in [3.8, 4) is 0 Å². The Morgan fingerprint density at radius 2 is 0.906 bits per heavy atom. The van der Waals surface area contributed by atoms with E-state index in [2.05, 4.69) is 0 Å². The van der Waals surface area contributed by atoms with Crippen LogP contribution in [0.5, 0.6) is 0 Å². The van der Waals surface area contributed by atoms with Crippen molar-refractivity contribution in [2.24, 2.45) is 5.41 Å². The van der Waals surface area contributed by atoms with Gasteiger partial charge in [0.15, 0.2) is 0 Å². The zero-order valence-electron chi connectivity index (χ0n) is 20.7. The number of hydrogen-bond donors (Lipinski definition) is 1. The van der Waals surface area contributed by atoms with Gasteiger partial charge in [-0.2, -0.15) is 0 Å². The highest BCUT2D eigenvalue weighted by molar-refractivity contribution is 5.75. The molecule has 0 aliphatic heterocycles. The molecule has 0 aromatic heterocycles. The lowest BCUT2D eigenvalue weighted by atomic mass is 9.91. The lowest BCUT2D eigenvalue weighted by Crippen LogP contribution is -2.26. The average molecular weight is 465 g/mol. The molecule has 0 aliphatic rings. The van der Waals surface area contributed by atoms with Crippen molar-refractivity contribution in [2.45, 2.75) is 65.7 Å². The zero-order chi connectivity index (χ0) is 23.8. The second kappa shape index (κ2) is 23.4. The molecule has 0 saturated heterocycles. The number of carbonyl (C=O) groups is 1. The third-order valence-corrected chi connectivity index (χ3v) is 4.86. The number of esters is 1. The summed E-state index contributed by atoms with van der Waals surface area (Å²) >= 11 is 0. The molecule has 1 N–H and O–H groups in total. The molecule has 0 spiro atoms. The monoisotopic (exact) mass is 464 g/mol. The topological polar surface area (TPSA) is 92.7 Å². The second-order valence-electron chi connectivity index (χ2n) is 8.28. The van der Waals surface area contributed by atoms with Gasteiger partial charge in [0.2, 0.25) is 0 Å². The Morgan fingerprint density at radius 3 is 1.22 bits per heavy atom. The van der Waals surface area contributed by atoms with E-state index in [0.29, 0.717) is 85.5 Å². The molecule has 192 valence electrons. The zero-order valence-corrected chi connectivity index (χ0v) is 20.7. The van der Waals surface area contributed by atoms with E-state index in [1.54, 1.807) is 0 Å². The van der Waals surface area contributed by atoms with Gasteiger partial charge in [-0.15, -0.1) is 0 Å². The molecule has 32 heavy (non-hydrogen) atoms. The first-order valence-electron chi connectivity index (χ1n) is 12.2. The van der Waals surface area contributed by atoms with E-state index < -0.39 is 5.41 Å². The number of rotatable bonds is 25. The number of ether oxygens (including phenoxy) is 6. The number of aliphatic hydroxyl groups excluding tert-OH is 1. The van der Waals surface area contributed by atoms with Gasteiger partial charge in [0.05, 0.1) is 12.0 Å². The van der Waals surface area contributed by atoms with E-state index in [0.717, 1.165) is 32.1 Å². The molecule has 0 aromatic rings. The van der Waals surface area contributed by atoms with Crippen LogP contribution in [0.3, 0.4) is 0 Å². The van der Waals surface area contributed by atoms with E-state index in [1.807, 2.05) is 20.8 Å². The smallest absolute Gasteiger partial charge is 0.311 e. The maximum atomic E-state index is 11.8. The van der Waals surface area contributed by atoms with Crippen molar-refractivity contribution in [3.05, 3.63) is 0 Å². The van der Waals surface area contributed by atoms with Crippen LogP contribution in [-0.2, 0) is 33.2 Å². The Balaban J connectivity index is 3.13. The van der Waals surface area contributed by atoms with Gasteiger partial charge in [0.25, 0.3) is 0 Å². The second-order valence-corrected chi connectivity index (χ2v) is 8.28. The lowest BCUT2D eigenvalue weighted by molar-refractivity contribution is -0.154. The summed E-state index contributed by atoms with van der Waals surface area (Å²) in [5, 5.41) is 8.63. The molecule has 0 aliphatic carbocycles. The van der Waals surface area contributed by atoms with E-state index in [9.17, 15) is 4.79 Å². The van der Waals surface area contributed by atoms with E-state index in [4.69, 9.17) is 33.5 Å². The predicted octanol–water partition coefficient (Wildman–Crippen LogP) is 3.38. The maximum absolute atomic E-state index is 11.8. The standard InChI is InChI=1S/C24H48O8/c1-4-24(2,3)23(26)32-22-10-21-31-20-9-19-30-18-8-17-29-16-7-15-28-14-6-13-27-12-5-11-25/h25H,4-22H2,1-3H3. The summed E-state index contributed by atoms with van der Waals surface area (Å²) in [6.45, 7) is 13.1. The number of aliphatic hydroxyl groups is 1. The number of carbonyl (C=O) groups excluding carboxylic acids is 1. The SMILES string of the molecule is CCC(C)(C)C(=O)OCCCOCCCOCCCOCCCOCCCOCCCO. The molecule has 0 heterocycles. The number of hydrogen-bond acceptors (Lipinski definition) is 8. The molecule has 8 heteroatoms. The average Bonchev–Trinajstić information content (AvgIpc) is 2.79. The molecule has 0 aromatic carbocycles. The molecule has 0 fully saturated rings. The molecule has 0 saturated carbocycles. The van der Waals surface area contributed by atoms with Crippen molar-refractivity contribution < 1.29 is 38.3 Å². The molecule has 8 nitrogen and oxygen atoms in total. The fourth-order valence-corrected chi connectivity index (χ4v) is 2.39. The highest BCUT2D eigenvalue weighted by atomic mass is 16.5. The van der Waals surface area contributed by atoms with Crippen LogP contribution in [0.15, 0.2) is 0 Å². The van der Waals surface area contributed by atoms with Crippen LogP contribution in [0.2, 0.25) is 0 Å². The third kappa shape index (κ3) is 21.1. The van der Waals surface area contributed by atoms with Crippen LogP contribution in [0.25, 0.3) is 0 Å². The molecule has 0 amide bonds. The first-order valence-corrected chi connectivity index (χ1v) is 12.2. The summed E-state index contributed by atoms with van der Waals surface area (Å²) in [5.41, 5.74) is -0.407. The lowest BCUT2D eigenvalue weighted by Gasteiger charge is -2.20. The van der Waals surface area contributed by atoms with Gasteiger partial charge in [-0.3, -0.25) is 4.79 Å². The Labute approximate surface area is 195 Å². The fourth-order valence-electron chi connectivity index (χ4n) is 2.39. The van der Waals surface area contributed by atoms with Crippen LogP contribution >= 0.6 is 0 Å². The summed E-state index contributed by atoms with van der Waals surface area (Å²) in [4.78, 5) is 11.8. The van der Waals surface area contributed by atoms with Gasteiger partial charge in [-0.05, 0) is 52.4 Å².